The molecule has 1 unspecified atom stereocenters. The number of carbonyl (C=O) groups excluding carboxylic acids is 1. The number of ether oxygens (including phenoxy) is 2. The lowest BCUT2D eigenvalue weighted by Crippen LogP contribution is -2.42. The molecule has 0 aliphatic rings. The molecule has 0 aromatic rings. The fraction of sp³-hybridized carbons (Fsp3) is 0.900. The fourth-order valence-corrected chi connectivity index (χ4v) is 1.20. The smallest absolute Gasteiger partial charge is 0.265 e. The highest BCUT2D eigenvalue weighted by atomic mass is 16.5. The normalized spacial score (nSPS) is 12.5. The molecule has 0 saturated heterocycles. The van der Waals surface area contributed by atoms with Crippen molar-refractivity contribution < 1.29 is 14.3 Å². The van der Waals surface area contributed by atoms with E-state index in [2.05, 4.69) is 12.3 Å². The van der Waals surface area contributed by atoms with E-state index in [4.69, 9.17) is 15.3 Å². The summed E-state index contributed by atoms with van der Waals surface area (Å²) in [6.07, 6.45) is 3.88. The van der Waals surface area contributed by atoms with Crippen molar-refractivity contribution in [2.24, 2.45) is 5.84 Å². The molecule has 1 amide bonds. The van der Waals surface area contributed by atoms with Gasteiger partial charge in [-0.1, -0.05) is 26.2 Å². The van der Waals surface area contributed by atoms with E-state index in [9.17, 15) is 4.79 Å². The van der Waals surface area contributed by atoms with Crippen molar-refractivity contribution in [3.8, 4) is 0 Å². The first-order chi connectivity index (χ1) is 7.26. The third-order valence-electron chi connectivity index (χ3n) is 2.07. The van der Waals surface area contributed by atoms with Crippen LogP contribution in [0.4, 0.5) is 0 Å². The van der Waals surface area contributed by atoms with Crippen LogP contribution >= 0.6 is 0 Å². The molecule has 0 aromatic heterocycles. The molecule has 0 radical (unpaired) electrons. The minimum Gasteiger partial charge on any atom is -0.381 e. The molecular formula is C10H22N2O3. The van der Waals surface area contributed by atoms with Crippen LogP contribution in [0.3, 0.4) is 0 Å². The van der Waals surface area contributed by atoms with Crippen molar-refractivity contribution in [3.63, 3.8) is 0 Å². The Morgan fingerprint density at radius 2 is 2.13 bits per heavy atom. The highest BCUT2D eigenvalue weighted by Gasteiger charge is 2.17. The van der Waals surface area contributed by atoms with Crippen molar-refractivity contribution in [2.45, 2.75) is 38.7 Å². The van der Waals surface area contributed by atoms with Gasteiger partial charge in [0.05, 0.1) is 6.61 Å². The van der Waals surface area contributed by atoms with Crippen molar-refractivity contribution in [3.05, 3.63) is 0 Å². The first-order valence-corrected chi connectivity index (χ1v) is 5.37. The van der Waals surface area contributed by atoms with Crippen LogP contribution in [0.1, 0.15) is 32.6 Å². The maximum atomic E-state index is 11.2. The summed E-state index contributed by atoms with van der Waals surface area (Å²) in [4.78, 5) is 11.2. The summed E-state index contributed by atoms with van der Waals surface area (Å²) in [5, 5.41) is 0. The zero-order valence-corrected chi connectivity index (χ0v) is 9.62. The Hall–Kier alpha value is -0.650. The summed E-state index contributed by atoms with van der Waals surface area (Å²) < 4.78 is 10.2. The van der Waals surface area contributed by atoms with Crippen LogP contribution in [0.15, 0.2) is 0 Å². The predicted octanol–water partition coefficient (Wildman–Crippen LogP) is 0.588. The molecule has 0 bridgehead atoms. The second-order valence-corrected chi connectivity index (χ2v) is 3.38. The topological polar surface area (TPSA) is 73.6 Å². The number of hydrazine groups is 1. The first kappa shape index (κ1) is 14.3. The van der Waals surface area contributed by atoms with Gasteiger partial charge in [-0.2, -0.15) is 0 Å². The SMILES string of the molecule is CCCCCCOC(COC)C(=O)NN. The minimum absolute atomic E-state index is 0.233. The van der Waals surface area contributed by atoms with Gasteiger partial charge in [-0.05, 0) is 6.42 Å². The molecule has 1 atom stereocenters. The Morgan fingerprint density at radius 1 is 1.40 bits per heavy atom. The Kier molecular flexibility index (Phi) is 9.46. The number of hydrogen-bond acceptors (Lipinski definition) is 4. The number of carbonyl (C=O) groups is 1. The molecule has 0 heterocycles. The molecule has 0 aliphatic heterocycles. The summed E-state index contributed by atoms with van der Waals surface area (Å²) in [6.45, 7) is 2.95. The van der Waals surface area contributed by atoms with Gasteiger partial charge in [-0.3, -0.25) is 10.2 Å². The van der Waals surface area contributed by atoms with E-state index in [1.54, 1.807) is 0 Å². The molecule has 15 heavy (non-hydrogen) atoms. The number of hydrogen-bond donors (Lipinski definition) is 2. The molecule has 5 nitrogen and oxygen atoms in total. The molecule has 0 spiro atoms. The van der Waals surface area contributed by atoms with E-state index >= 15 is 0 Å². The van der Waals surface area contributed by atoms with Crippen LogP contribution in [0, 0.1) is 0 Å². The highest BCUT2D eigenvalue weighted by Crippen LogP contribution is 2.01. The zero-order valence-electron chi connectivity index (χ0n) is 9.62. The van der Waals surface area contributed by atoms with Crippen LogP contribution in [0.2, 0.25) is 0 Å². The number of unbranched alkanes of at least 4 members (excludes halogenated alkanes) is 3. The van der Waals surface area contributed by atoms with E-state index in [1.165, 1.54) is 20.0 Å². The highest BCUT2D eigenvalue weighted by molar-refractivity contribution is 5.80. The van der Waals surface area contributed by atoms with E-state index in [1.807, 2.05) is 0 Å². The minimum atomic E-state index is -0.596. The summed E-state index contributed by atoms with van der Waals surface area (Å²) in [7, 11) is 1.53. The summed E-state index contributed by atoms with van der Waals surface area (Å²) >= 11 is 0. The lowest BCUT2D eigenvalue weighted by Gasteiger charge is -2.14. The van der Waals surface area contributed by atoms with Crippen LogP contribution < -0.4 is 11.3 Å². The summed E-state index contributed by atoms with van der Waals surface area (Å²) in [6, 6.07) is 0. The Morgan fingerprint density at radius 3 is 2.67 bits per heavy atom. The lowest BCUT2D eigenvalue weighted by atomic mass is 10.2. The Balaban J connectivity index is 3.61. The second kappa shape index (κ2) is 9.89. The summed E-state index contributed by atoms with van der Waals surface area (Å²) in [5.41, 5.74) is 2.06. The van der Waals surface area contributed by atoms with Crippen molar-refractivity contribution in [1.82, 2.24) is 5.43 Å². The average molecular weight is 218 g/mol. The molecule has 0 aromatic carbocycles. The van der Waals surface area contributed by atoms with Gasteiger partial charge in [0.15, 0.2) is 6.10 Å². The summed E-state index contributed by atoms with van der Waals surface area (Å²) in [5.74, 6) is 4.68. The van der Waals surface area contributed by atoms with Crippen LogP contribution in [0.5, 0.6) is 0 Å². The van der Waals surface area contributed by atoms with Crippen molar-refractivity contribution in [2.75, 3.05) is 20.3 Å². The first-order valence-electron chi connectivity index (χ1n) is 5.37. The van der Waals surface area contributed by atoms with E-state index in [0.29, 0.717) is 6.61 Å². The van der Waals surface area contributed by atoms with Gasteiger partial charge < -0.3 is 9.47 Å². The molecule has 5 heteroatoms. The standard InChI is InChI=1S/C10H22N2O3/c1-3-4-5-6-7-15-9(8-14-2)10(13)12-11/h9H,3-8,11H2,1-2H3,(H,12,13). The molecule has 0 fully saturated rings. The van der Waals surface area contributed by atoms with E-state index in [0.717, 1.165) is 12.8 Å². The molecule has 3 N–H and O–H groups in total. The Bertz CT molecular complexity index is 165. The second-order valence-electron chi connectivity index (χ2n) is 3.38. The molecular weight excluding hydrogens is 196 g/mol. The largest absolute Gasteiger partial charge is 0.381 e. The van der Waals surface area contributed by atoms with Crippen molar-refractivity contribution in [1.29, 1.82) is 0 Å². The Labute approximate surface area is 91.3 Å². The van der Waals surface area contributed by atoms with Gasteiger partial charge in [-0.25, -0.2) is 5.84 Å². The van der Waals surface area contributed by atoms with E-state index < -0.39 is 6.10 Å². The molecule has 0 rings (SSSR count). The van der Waals surface area contributed by atoms with Gasteiger partial charge in [-0.15, -0.1) is 0 Å². The van der Waals surface area contributed by atoms with Crippen LogP contribution in [0.25, 0.3) is 0 Å². The molecule has 90 valence electrons. The van der Waals surface area contributed by atoms with Gasteiger partial charge in [0.2, 0.25) is 0 Å². The number of methoxy groups -OCH3 is 1. The van der Waals surface area contributed by atoms with Gasteiger partial charge in [0.25, 0.3) is 5.91 Å². The van der Waals surface area contributed by atoms with Gasteiger partial charge in [0.1, 0.15) is 0 Å². The quantitative estimate of drug-likeness (QED) is 0.257. The monoisotopic (exact) mass is 218 g/mol. The van der Waals surface area contributed by atoms with Gasteiger partial charge >= 0.3 is 0 Å². The lowest BCUT2D eigenvalue weighted by molar-refractivity contribution is -0.136. The van der Waals surface area contributed by atoms with Crippen LogP contribution in [-0.2, 0) is 14.3 Å². The van der Waals surface area contributed by atoms with Crippen LogP contribution in [-0.4, -0.2) is 32.3 Å². The number of amides is 1. The number of nitrogens with one attached hydrogen (secondary N) is 1. The molecule has 0 saturated carbocycles. The predicted molar refractivity (Wildman–Crippen MR) is 58.1 cm³/mol. The van der Waals surface area contributed by atoms with Crippen molar-refractivity contribution >= 4 is 5.91 Å². The number of nitrogens with two attached hydrogens (primary N) is 1. The van der Waals surface area contributed by atoms with E-state index in [-0.39, 0.29) is 12.5 Å². The maximum absolute atomic E-state index is 11.2. The van der Waals surface area contributed by atoms with Gasteiger partial charge in [0, 0.05) is 13.7 Å². The third-order valence-corrected chi connectivity index (χ3v) is 2.07. The molecule has 0 aliphatic carbocycles. The maximum Gasteiger partial charge on any atom is 0.265 e. The average Bonchev–Trinajstić information content (AvgIpc) is 2.26. The number of rotatable bonds is 9. The fourth-order valence-electron chi connectivity index (χ4n) is 1.20. The zero-order chi connectivity index (χ0) is 11.5. The third kappa shape index (κ3) is 7.30.